The van der Waals surface area contributed by atoms with Crippen molar-refractivity contribution in [2.45, 2.75) is 46.2 Å². The monoisotopic (exact) mass is 219 g/mol. The molecule has 0 aromatic carbocycles. The molecule has 0 aliphatic heterocycles. The zero-order chi connectivity index (χ0) is 11.4. The van der Waals surface area contributed by atoms with Crippen LogP contribution in [0.4, 0.5) is 0 Å². The van der Waals surface area contributed by atoms with Crippen LogP contribution in [-0.4, -0.2) is 28.5 Å². The minimum absolute atomic E-state index is 0.0349. The second kappa shape index (κ2) is 5.26. The Morgan fingerprint density at radius 2 is 1.57 bits per heavy atom. The van der Waals surface area contributed by atoms with Gasteiger partial charge >= 0.3 is 8.72 Å². The summed E-state index contributed by atoms with van der Waals surface area (Å²) in [6.45, 7) is 10.8. The van der Waals surface area contributed by atoms with Crippen LogP contribution in [0.2, 0.25) is 6.04 Å². The maximum absolute atomic E-state index is 5.58. The van der Waals surface area contributed by atoms with Crippen LogP contribution in [0, 0.1) is 5.92 Å². The third kappa shape index (κ3) is 5.10. The summed E-state index contributed by atoms with van der Waals surface area (Å²) in [4.78, 5) is 3.49. The highest BCUT2D eigenvalue weighted by Crippen LogP contribution is 2.18. The normalized spacial score (nSPS) is 13.7. The highest BCUT2D eigenvalue weighted by atomic mass is 28.4. The van der Waals surface area contributed by atoms with Gasteiger partial charge in [0.25, 0.3) is 0 Å². The molecule has 14 heavy (non-hydrogen) atoms. The van der Waals surface area contributed by atoms with Crippen molar-refractivity contribution in [3.05, 3.63) is 0 Å². The predicted molar refractivity (Wildman–Crippen MR) is 62.3 cm³/mol. The maximum Gasteiger partial charge on any atom is 0.425 e. The summed E-state index contributed by atoms with van der Waals surface area (Å²) < 4.78 is 11.2. The van der Waals surface area contributed by atoms with E-state index in [1.165, 1.54) is 0 Å². The molecule has 0 rings (SSSR count). The zero-order valence-corrected chi connectivity index (χ0v) is 11.6. The van der Waals surface area contributed by atoms with E-state index in [-0.39, 0.29) is 5.54 Å². The van der Waals surface area contributed by atoms with Crippen molar-refractivity contribution in [2.75, 3.05) is 14.2 Å². The van der Waals surface area contributed by atoms with Crippen LogP contribution in [0.25, 0.3) is 0 Å². The molecule has 0 aliphatic carbocycles. The Labute approximate surface area is 89.5 Å². The summed E-state index contributed by atoms with van der Waals surface area (Å²) in [6.07, 6.45) is 0. The molecule has 0 aromatic rings. The molecule has 0 atom stereocenters. The molecule has 0 heterocycles. The molecule has 0 spiro atoms. The van der Waals surface area contributed by atoms with Gasteiger partial charge in [0.1, 0.15) is 0 Å². The molecule has 0 aliphatic rings. The fourth-order valence-electron chi connectivity index (χ4n) is 1.51. The fourth-order valence-corrected chi connectivity index (χ4v) is 4.54. The molecule has 0 fully saturated rings. The van der Waals surface area contributed by atoms with Gasteiger partial charge in [0.2, 0.25) is 0 Å². The van der Waals surface area contributed by atoms with Gasteiger partial charge < -0.3 is 8.85 Å². The second-order valence-electron chi connectivity index (χ2n) is 5.13. The zero-order valence-electron chi connectivity index (χ0n) is 10.6. The van der Waals surface area contributed by atoms with Gasteiger partial charge in [-0.05, 0) is 26.7 Å². The van der Waals surface area contributed by atoms with Gasteiger partial charge in [-0.15, -0.1) is 0 Å². The summed E-state index contributed by atoms with van der Waals surface area (Å²) in [5, 5.41) is 0. The lowest BCUT2D eigenvalue weighted by Gasteiger charge is -2.35. The highest BCUT2D eigenvalue weighted by molar-refractivity contribution is 6.64. The Kier molecular flexibility index (Phi) is 5.29. The first-order chi connectivity index (χ1) is 6.24. The third-order valence-electron chi connectivity index (χ3n) is 1.90. The second-order valence-corrected chi connectivity index (χ2v) is 8.11. The van der Waals surface area contributed by atoms with Crippen molar-refractivity contribution < 1.29 is 8.85 Å². The number of nitrogens with one attached hydrogen (secondary N) is 1. The highest BCUT2D eigenvalue weighted by Gasteiger charge is 2.40. The molecular weight excluding hydrogens is 194 g/mol. The molecule has 0 unspecified atom stereocenters. The molecule has 0 saturated heterocycles. The van der Waals surface area contributed by atoms with Gasteiger partial charge in [0.05, 0.1) is 0 Å². The minimum atomic E-state index is -2.19. The standard InChI is InChI=1S/C10H25NO2Si/c1-9(2)8-14(12-6,13-7)11-10(3,4)5/h9,11H,8H2,1-7H3. The van der Waals surface area contributed by atoms with Gasteiger partial charge in [-0.2, -0.15) is 0 Å². The van der Waals surface area contributed by atoms with Crippen LogP contribution in [0.5, 0.6) is 0 Å². The van der Waals surface area contributed by atoms with E-state index in [0.29, 0.717) is 5.92 Å². The Hall–Kier alpha value is 0.0969. The summed E-state index contributed by atoms with van der Waals surface area (Å²) in [5.74, 6) is 0.580. The minimum Gasteiger partial charge on any atom is -0.386 e. The van der Waals surface area contributed by atoms with Gasteiger partial charge in [0, 0.05) is 25.8 Å². The lowest BCUT2D eigenvalue weighted by atomic mass is 10.1. The van der Waals surface area contributed by atoms with Crippen molar-refractivity contribution in [1.82, 2.24) is 4.98 Å². The summed E-state index contributed by atoms with van der Waals surface area (Å²) >= 11 is 0. The first-order valence-electron chi connectivity index (χ1n) is 5.14. The van der Waals surface area contributed by atoms with Gasteiger partial charge in [-0.25, -0.2) is 0 Å². The van der Waals surface area contributed by atoms with Crippen molar-refractivity contribution in [1.29, 1.82) is 0 Å². The van der Waals surface area contributed by atoms with E-state index in [1.54, 1.807) is 14.2 Å². The predicted octanol–water partition coefficient (Wildman–Crippen LogP) is 2.26. The number of hydrogen-bond donors (Lipinski definition) is 1. The number of hydrogen-bond acceptors (Lipinski definition) is 3. The van der Waals surface area contributed by atoms with Gasteiger partial charge in [-0.3, -0.25) is 4.98 Å². The van der Waals surface area contributed by atoms with Crippen LogP contribution in [0.1, 0.15) is 34.6 Å². The average Bonchev–Trinajstić information content (AvgIpc) is 1.99. The van der Waals surface area contributed by atoms with E-state index in [1.807, 2.05) is 0 Å². The fraction of sp³-hybridized carbons (Fsp3) is 1.00. The molecule has 86 valence electrons. The molecule has 4 heteroatoms. The third-order valence-corrected chi connectivity index (χ3v) is 5.71. The van der Waals surface area contributed by atoms with Crippen LogP contribution in [0.3, 0.4) is 0 Å². The first-order valence-corrected chi connectivity index (χ1v) is 7.16. The van der Waals surface area contributed by atoms with Crippen molar-refractivity contribution >= 4 is 8.72 Å². The summed E-state index contributed by atoms with van der Waals surface area (Å²) in [6, 6.07) is 0.970. The Bertz CT molecular complexity index is 162. The molecule has 0 aromatic heterocycles. The average molecular weight is 219 g/mol. The largest absolute Gasteiger partial charge is 0.425 e. The van der Waals surface area contributed by atoms with Crippen LogP contribution in [0.15, 0.2) is 0 Å². The van der Waals surface area contributed by atoms with Crippen molar-refractivity contribution in [2.24, 2.45) is 5.92 Å². The number of rotatable bonds is 5. The van der Waals surface area contributed by atoms with Crippen LogP contribution < -0.4 is 4.98 Å². The smallest absolute Gasteiger partial charge is 0.386 e. The lowest BCUT2D eigenvalue weighted by molar-refractivity contribution is 0.207. The van der Waals surface area contributed by atoms with Gasteiger partial charge in [-0.1, -0.05) is 13.8 Å². The topological polar surface area (TPSA) is 30.5 Å². The lowest BCUT2D eigenvalue weighted by Crippen LogP contribution is -2.62. The maximum atomic E-state index is 5.58. The van der Waals surface area contributed by atoms with E-state index in [2.05, 4.69) is 39.6 Å². The summed E-state index contributed by atoms with van der Waals surface area (Å²) in [7, 11) is 1.27. The van der Waals surface area contributed by atoms with E-state index in [4.69, 9.17) is 8.85 Å². The first kappa shape index (κ1) is 14.1. The Balaban J connectivity index is 4.53. The van der Waals surface area contributed by atoms with E-state index in [0.717, 1.165) is 6.04 Å². The van der Waals surface area contributed by atoms with Crippen molar-refractivity contribution in [3.8, 4) is 0 Å². The van der Waals surface area contributed by atoms with Crippen molar-refractivity contribution in [3.63, 3.8) is 0 Å². The molecule has 1 N–H and O–H groups in total. The quantitative estimate of drug-likeness (QED) is 0.720. The van der Waals surface area contributed by atoms with E-state index in [9.17, 15) is 0 Å². The Morgan fingerprint density at radius 1 is 1.14 bits per heavy atom. The van der Waals surface area contributed by atoms with Crippen LogP contribution >= 0.6 is 0 Å². The molecular formula is C10H25NO2Si. The molecule has 3 nitrogen and oxygen atoms in total. The molecule has 0 saturated carbocycles. The van der Waals surface area contributed by atoms with Gasteiger partial charge in [0.15, 0.2) is 0 Å². The Morgan fingerprint density at radius 3 is 1.79 bits per heavy atom. The summed E-state index contributed by atoms with van der Waals surface area (Å²) in [5.41, 5.74) is 0.0349. The van der Waals surface area contributed by atoms with E-state index >= 15 is 0 Å². The van der Waals surface area contributed by atoms with E-state index < -0.39 is 8.72 Å². The molecule has 0 amide bonds. The molecule has 0 radical (unpaired) electrons. The molecule has 0 bridgehead atoms. The van der Waals surface area contributed by atoms with Crippen LogP contribution in [-0.2, 0) is 8.85 Å². The SMILES string of the molecule is CO[Si](CC(C)C)(NC(C)(C)C)OC.